The monoisotopic (exact) mass is 266 g/mol. The molecular formula is C14H9F3O2. The number of halogens is 3. The van der Waals surface area contributed by atoms with Gasteiger partial charge in [0.2, 0.25) is 5.82 Å². The van der Waals surface area contributed by atoms with Crippen molar-refractivity contribution in [2.45, 2.75) is 6.61 Å². The summed E-state index contributed by atoms with van der Waals surface area (Å²) in [5.74, 6) is -4.65. The molecule has 0 unspecified atom stereocenters. The highest BCUT2D eigenvalue weighted by molar-refractivity contribution is 5.77. The van der Waals surface area contributed by atoms with Crippen molar-refractivity contribution < 1.29 is 22.7 Å². The summed E-state index contributed by atoms with van der Waals surface area (Å²) in [4.78, 5) is 10.8. The summed E-state index contributed by atoms with van der Waals surface area (Å²) >= 11 is 0. The SMILES string of the molecule is O=Cc1ccccc1COc1ccc(F)c(F)c1F. The summed E-state index contributed by atoms with van der Waals surface area (Å²) in [6, 6.07) is 8.34. The van der Waals surface area contributed by atoms with Gasteiger partial charge in [0.1, 0.15) is 12.9 Å². The van der Waals surface area contributed by atoms with Crippen LogP contribution in [-0.4, -0.2) is 6.29 Å². The zero-order chi connectivity index (χ0) is 13.8. The van der Waals surface area contributed by atoms with Crippen molar-refractivity contribution in [3.8, 4) is 5.75 Å². The molecule has 0 saturated heterocycles. The van der Waals surface area contributed by atoms with Gasteiger partial charge in [-0.05, 0) is 17.7 Å². The maximum atomic E-state index is 13.3. The predicted octanol–water partition coefficient (Wildman–Crippen LogP) is 3.50. The first-order valence-corrected chi connectivity index (χ1v) is 5.43. The molecule has 0 fully saturated rings. The molecular weight excluding hydrogens is 257 g/mol. The number of benzene rings is 2. The lowest BCUT2D eigenvalue weighted by atomic mass is 10.1. The average molecular weight is 266 g/mol. The smallest absolute Gasteiger partial charge is 0.203 e. The van der Waals surface area contributed by atoms with Gasteiger partial charge >= 0.3 is 0 Å². The van der Waals surface area contributed by atoms with Gasteiger partial charge in [-0.1, -0.05) is 24.3 Å². The lowest BCUT2D eigenvalue weighted by Gasteiger charge is -2.09. The lowest BCUT2D eigenvalue weighted by molar-refractivity contribution is 0.112. The molecule has 98 valence electrons. The number of hydrogen-bond acceptors (Lipinski definition) is 2. The lowest BCUT2D eigenvalue weighted by Crippen LogP contribution is -2.02. The molecule has 19 heavy (non-hydrogen) atoms. The third kappa shape index (κ3) is 2.76. The molecule has 0 bridgehead atoms. The first kappa shape index (κ1) is 13.1. The summed E-state index contributed by atoms with van der Waals surface area (Å²) in [7, 11) is 0. The van der Waals surface area contributed by atoms with Crippen LogP contribution in [-0.2, 0) is 6.61 Å². The summed E-state index contributed by atoms with van der Waals surface area (Å²) in [5.41, 5.74) is 0.923. The standard InChI is InChI=1S/C14H9F3O2/c15-11-5-6-12(14(17)13(11)16)19-8-10-4-2-1-3-9(10)7-18/h1-7H,8H2. The van der Waals surface area contributed by atoms with Gasteiger partial charge in [-0.25, -0.2) is 8.78 Å². The molecule has 0 aliphatic heterocycles. The second-order valence-electron chi connectivity index (χ2n) is 3.78. The molecule has 0 aromatic heterocycles. The van der Waals surface area contributed by atoms with Gasteiger partial charge in [-0.2, -0.15) is 4.39 Å². The van der Waals surface area contributed by atoms with Crippen LogP contribution in [0, 0.1) is 17.5 Å². The maximum Gasteiger partial charge on any atom is 0.203 e. The summed E-state index contributed by atoms with van der Waals surface area (Å²) in [6.07, 6.45) is 0.639. The fourth-order valence-corrected chi connectivity index (χ4v) is 1.56. The van der Waals surface area contributed by atoms with Gasteiger partial charge in [-0.15, -0.1) is 0 Å². The molecule has 0 aliphatic rings. The third-order valence-corrected chi connectivity index (χ3v) is 2.56. The molecule has 0 radical (unpaired) electrons. The molecule has 0 atom stereocenters. The van der Waals surface area contributed by atoms with Crippen LogP contribution in [0.1, 0.15) is 15.9 Å². The zero-order valence-corrected chi connectivity index (χ0v) is 9.70. The van der Waals surface area contributed by atoms with E-state index in [4.69, 9.17) is 4.74 Å². The Morgan fingerprint density at radius 3 is 2.47 bits per heavy atom. The first-order chi connectivity index (χ1) is 9.13. The Balaban J connectivity index is 2.19. The van der Waals surface area contributed by atoms with Gasteiger partial charge in [0.05, 0.1) is 0 Å². The molecule has 2 aromatic rings. The van der Waals surface area contributed by atoms with Crippen LogP contribution in [0.25, 0.3) is 0 Å². The number of rotatable bonds is 4. The minimum Gasteiger partial charge on any atom is -0.486 e. The zero-order valence-electron chi connectivity index (χ0n) is 9.70. The van der Waals surface area contributed by atoms with Crippen LogP contribution < -0.4 is 4.74 Å². The van der Waals surface area contributed by atoms with E-state index < -0.39 is 23.2 Å². The molecule has 0 saturated carbocycles. The Morgan fingerprint density at radius 1 is 1.00 bits per heavy atom. The minimum atomic E-state index is -1.58. The van der Waals surface area contributed by atoms with Gasteiger partial charge in [0, 0.05) is 5.56 Å². The van der Waals surface area contributed by atoms with Crippen molar-refractivity contribution in [2.75, 3.05) is 0 Å². The Kier molecular flexibility index (Phi) is 3.85. The third-order valence-electron chi connectivity index (χ3n) is 2.56. The van der Waals surface area contributed by atoms with Gasteiger partial charge in [0.15, 0.2) is 17.4 Å². The van der Waals surface area contributed by atoms with Crippen LogP contribution in [0.4, 0.5) is 13.2 Å². The van der Waals surface area contributed by atoms with E-state index >= 15 is 0 Å². The van der Waals surface area contributed by atoms with Gasteiger partial charge in [0.25, 0.3) is 0 Å². The van der Waals surface area contributed by atoms with E-state index in [-0.39, 0.29) is 6.61 Å². The van der Waals surface area contributed by atoms with Crippen molar-refractivity contribution in [1.29, 1.82) is 0 Å². The number of hydrogen-bond donors (Lipinski definition) is 0. The van der Waals surface area contributed by atoms with E-state index in [2.05, 4.69) is 0 Å². The van der Waals surface area contributed by atoms with Crippen LogP contribution in [0.2, 0.25) is 0 Å². The molecule has 2 aromatic carbocycles. The van der Waals surface area contributed by atoms with E-state index in [1.807, 2.05) is 0 Å². The highest BCUT2D eigenvalue weighted by Crippen LogP contribution is 2.23. The summed E-state index contributed by atoms with van der Waals surface area (Å²) < 4.78 is 44.1. The topological polar surface area (TPSA) is 26.3 Å². The van der Waals surface area contributed by atoms with Gasteiger partial charge in [-0.3, -0.25) is 4.79 Å². The molecule has 0 spiro atoms. The molecule has 0 N–H and O–H groups in total. The van der Waals surface area contributed by atoms with E-state index in [1.54, 1.807) is 24.3 Å². The normalized spacial score (nSPS) is 10.3. The van der Waals surface area contributed by atoms with Crippen LogP contribution in [0.5, 0.6) is 5.75 Å². The van der Waals surface area contributed by atoms with Crippen LogP contribution in [0.15, 0.2) is 36.4 Å². The molecule has 0 aliphatic carbocycles. The van der Waals surface area contributed by atoms with Crippen molar-refractivity contribution >= 4 is 6.29 Å². The molecule has 5 heteroatoms. The largest absolute Gasteiger partial charge is 0.486 e. The van der Waals surface area contributed by atoms with Crippen molar-refractivity contribution in [1.82, 2.24) is 0 Å². The fourth-order valence-electron chi connectivity index (χ4n) is 1.56. The average Bonchev–Trinajstić information content (AvgIpc) is 2.44. The van der Waals surface area contributed by atoms with Crippen LogP contribution in [0.3, 0.4) is 0 Å². The Labute approximate surface area is 107 Å². The second kappa shape index (κ2) is 5.56. The van der Waals surface area contributed by atoms with Crippen molar-refractivity contribution in [2.24, 2.45) is 0 Å². The second-order valence-corrected chi connectivity index (χ2v) is 3.78. The highest BCUT2D eigenvalue weighted by atomic mass is 19.2. The molecule has 0 amide bonds. The minimum absolute atomic E-state index is 0.114. The maximum absolute atomic E-state index is 13.3. The van der Waals surface area contributed by atoms with Crippen molar-refractivity contribution in [3.63, 3.8) is 0 Å². The van der Waals surface area contributed by atoms with Gasteiger partial charge < -0.3 is 4.74 Å². The highest BCUT2D eigenvalue weighted by Gasteiger charge is 2.14. The molecule has 2 nitrogen and oxygen atoms in total. The Morgan fingerprint density at radius 2 is 1.74 bits per heavy atom. The molecule has 2 rings (SSSR count). The first-order valence-electron chi connectivity index (χ1n) is 5.43. The number of aldehydes is 1. The van der Waals surface area contributed by atoms with E-state index in [0.717, 1.165) is 12.1 Å². The fraction of sp³-hybridized carbons (Fsp3) is 0.0714. The summed E-state index contributed by atoms with van der Waals surface area (Å²) in [6.45, 7) is -0.114. The van der Waals surface area contributed by atoms with Crippen LogP contribution >= 0.6 is 0 Å². The van der Waals surface area contributed by atoms with E-state index in [1.165, 1.54) is 0 Å². The summed E-state index contributed by atoms with van der Waals surface area (Å²) in [5, 5.41) is 0. The van der Waals surface area contributed by atoms with Crippen molar-refractivity contribution in [3.05, 3.63) is 65.0 Å². The quantitative estimate of drug-likeness (QED) is 0.625. The number of ether oxygens (including phenoxy) is 1. The van der Waals surface area contributed by atoms with E-state index in [9.17, 15) is 18.0 Å². The molecule has 0 heterocycles. The number of carbonyl (C=O) groups excluding carboxylic acids is 1. The Hall–Kier alpha value is -2.30. The predicted molar refractivity (Wildman–Crippen MR) is 62.5 cm³/mol. The van der Waals surface area contributed by atoms with E-state index in [0.29, 0.717) is 17.4 Å². The number of carbonyl (C=O) groups is 1. The Bertz CT molecular complexity index is 612.